The Hall–Kier alpha value is -1.70. The fourth-order valence-electron chi connectivity index (χ4n) is 1.54. The zero-order valence-electron chi connectivity index (χ0n) is 8.30. The van der Waals surface area contributed by atoms with E-state index in [2.05, 4.69) is 0 Å². The van der Waals surface area contributed by atoms with E-state index in [4.69, 9.17) is 0 Å². The average molecular weight is 204 g/mol. The molecule has 0 saturated heterocycles. The minimum Gasteiger partial charge on any atom is -0.204 e. The van der Waals surface area contributed by atoms with E-state index in [0.717, 1.165) is 11.6 Å². The van der Waals surface area contributed by atoms with Crippen molar-refractivity contribution in [1.82, 2.24) is 0 Å². The third kappa shape index (κ3) is 1.89. The van der Waals surface area contributed by atoms with Gasteiger partial charge in [-0.2, -0.15) is 0 Å². The van der Waals surface area contributed by atoms with Crippen molar-refractivity contribution in [2.45, 2.75) is 6.92 Å². The fourth-order valence-corrected chi connectivity index (χ4v) is 1.54. The summed E-state index contributed by atoms with van der Waals surface area (Å²) >= 11 is 0. The second-order valence-corrected chi connectivity index (χ2v) is 3.47. The van der Waals surface area contributed by atoms with Crippen LogP contribution in [0.15, 0.2) is 42.5 Å². The van der Waals surface area contributed by atoms with E-state index in [1.807, 2.05) is 25.1 Å². The number of benzene rings is 2. The van der Waals surface area contributed by atoms with Gasteiger partial charge in [0, 0.05) is 5.56 Å². The highest BCUT2D eigenvalue weighted by Crippen LogP contribution is 2.24. The van der Waals surface area contributed by atoms with Gasteiger partial charge in [-0.05, 0) is 18.6 Å². The Labute approximate surface area is 87.2 Å². The Morgan fingerprint density at radius 1 is 0.933 bits per heavy atom. The van der Waals surface area contributed by atoms with Crippen molar-refractivity contribution in [3.63, 3.8) is 0 Å². The zero-order valence-corrected chi connectivity index (χ0v) is 8.30. The van der Waals surface area contributed by atoms with Crippen LogP contribution in [0.25, 0.3) is 11.1 Å². The summed E-state index contributed by atoms with van der Waals surface area (Å²) in [4.78, 5) is 0. The van der Waals surface area contributed by atoms with Gasteiger partial charge < -0.3 is 0 Å². The predicted molar refractivity (Wildman–Crippen MR) is 56.5 cm³/mol. The lowest BCUT2D eigenvalue weighted by molar-refractivity contribution is 0.511. The molecule has 0 atom stereocenters. The van der Waals surface area contributed by atoms with Crippen molar-refractivity contribution < 1.29 is 8.78 Å². The van der Waals surface area contributed by atoms with Gasteiger partial charge in [0.05, 0.1) is 0 Å². The molecule has 0 spiro atoms. The second kappa shape index (κ2) is 3.81. The van der Waals surface area contributed by atoms with Crippen LogP contribution < -0.4 is 0 Å². The third-order valence-corrected chi connectivity index (χ3v) is 2.28. The molecular weight excluding hydrogens is 194 g/mol. The summed E-state index contributed by atoms with van der Waals surface area (Å²) < 4.78 is 26.4. The van der Waals surface area contributed by atoms with Crippen LogP contribution in [0.5, 0.6) is 0 Å². The molecule has 2 aromatic rings. The van der Waals surface area contributed by atoms with Crippen LogP contribution in [0.4, 0.5) is 8.78 Å². The lowest BCUT2D eigenvalue weighted by Crippen LogP contribution is -1.89. The molecule has 0 amide bonds. The molecule has 0 aliphatic carbocycles. The van der Waals surface area contributed by atoms with Crippen molar-refractivity contribution in [2.24, 2.45) is 0 Å². The van der Waals surface area contributed by atoms with Crippen molar-refractivity contribution in [2.75, 3.05) is 0 Å². The molecule has 2 aromatic carbocycles. The van der Waals surface area contributed by atoms with Gasteiger partial charge in [-0.3, -0.25) is 0 Å². The maximum absolute atomic E-state index is 13.4. The van der Waals surface area contributed by atoms with E-state index in [1.54, 1.807) is 12.1 Å². The molecule has 76 valence electrons. The van der Waals surface area contributed by atoms with E-state index in [9.17, 15) is 8.78 Å². The van der Waals surface area contributed by atoms with Crippen LogP contribution in [-0.2, 0) is 0 Å². The van der Waals surface area contributed by atoms with Crippen LogP contribution in [0, 0.1) is 18.6 Å². The average Bonchev–Trinajstić information content (AvgIpc) is 2.22. The minimum atomic E-state index is -0.811. The number of rotatable bonds is 1. The lowest BCUT2D eigenvalue weighted by Gasteiger charge is -2.04. The van der Waals surface area contributed by atoms with Crippen molar-refractivity contribution in [3.8, 4) is 11.1 Å². The van der Waals surface area contributed by atoms with E-state index < -0.39 is 11.6 Å². The maximum Gasteiger partial charge on any atom is 0.166 e. The molecule has 0 saturated carbocycles. The lowest BCUT2D eigenvalue weighted by atomic mass is 10.0. The summed E-state index contributed by atoms with van der Waals surface area (Å²) in [5, 5.41) is 0. The van der Waals surface area contributed by atoms with Crippen LogP contribution in [0.3, 0.4) is 0 Å². The number of hydrogen-bond acceptors (Lipinski definition) is 0. The highest BCUT2D eigenvalue weighted by Gasteiger charge is 2.08. The fraction of sp³-hybridized carbons (Fsp3) is 0.0769. The quantitative estimate of drug-likeness (QED) is 0.660. The van der Waals surface area contributed by atoms with E-state index in [1.165, 1.54) is 6.07 Å². The van der Waals surface area contributed by atoms with Crippen LogP contribution in [0.2, 0.25) is 0 Å². The van der Waals surface area contributed by atoms with E-state index >= 15 is 0 Å². The van der Waals surface area contributed by atoms with Gasteiger partial charge in [0.1, 0.15) is 0 Å². The van der Waals surface area contributed by atoms with Gasteiger partial charge in [0.15, 0.2) is 11.6 Å². The molecule has 0 aromatic heterocycles. The molecule has 2 rings (SSSR count). The molecule has 0 unspecified atom stereocenters. The third-order valence-electron chi connectivity index (χ3n) is 2.28. The van der Waals surface area contributed by atoms with Crippen molar-refractivity contribution >= 4 is 0 Å². The number of hydrogen-bond donors (Lipinski definition) is 0. The van der Waals surface area contributed by atoms with E-state index in [-0.39, 0.29) is 0 Å². The first kappa shape index (κ1) is 9.84. The van der Waals surface area contributed by atoms with Crippen molar-refractivity contribution in [1.29, 1.82) is 0 Å². The Morgan fingerprint density at radius 2 is 1.67 bits per heavy atom. The van der Waals surface area contributed by atoms with Gasteiger partial charge in [-0.1, -0.05) is 42.0 Å². The van der Waals surface area contributed by atoms with Gasteiger partial charge in [-0.25, -0.2) is 8.78 Å². The van der Waals surface area contributed by atoms with Gasteiger partial charge >= 0.3 is 0 Å². The first-order valence-corrected chi connectivity index (χ1v) is 4.69. The molecule has 0 nitrogen and oxygen atoms in total. The van der Waals surface area contributed by atoms with Gasteiger partial charge in [-0.15, -0.1) is 0 Å². The van der Waals surface area contributed by atoms with Crippen LogP contribution in [-0.4, -0.2) is 0 Å². The van der Waals surface area contributed by atoms with Crippen LogP contribution >= 0.6 is 0 Å². The SMILES string of the molecule is Cc1cccc(-c2cccc(F)c2F)c1. The Kier molecular flexibility index (Phi) is 2.50. The largest absolute Gasteiger partial charge is 0.204 e. The summed E-state index contributed by atoms with van der Waals surface area (Å²) in [6.45, 7) is 1.92. The molecular formula is C13H10F2. The topological polar surface area (TPSA) is 0 Å². The van der Waals surface area contributed by atoms with Crippen molar-refractivity contribution in [3.05, 3.63) is 59.7 Å². The number of aryl methyl sites for hydroxylation is 1. The zero-order chi connectivity index (χ0) is 10.8. The highest BCUT2D eigenvalue weighted by atomic mass is 19.2. The smallest absolute Gasteiger partial charge is 0.166 e. The predicted octanol–water partition coefficient (Wildman–Crippen LogP) is 3.94. The monoisotopic (exact) mass is 204 g/mol. The molecule has 0 radical (unpaired) electrons. The molecule has 15 heavy (non-hydrogen) atoms. The Morgan fingerprint density at radius 3 is 2.40 bits per heavy atom. The Balaban J connectivity index is 2.59. The standard InChI is InChI=1S/C13H10F2/c1-9-4-2-5-10(8-9)11-6-3-7-12(14)13(11)15/h2-8H,1H3. The van der Waals surface area contributed by atoms with Gasteiger partial charge in [0.2, 0.25) is 0 Å². The molecule has 0 bridgehead atoms. The van der Waals surface area contributed by atoms with E-state index in [0.29, 0.717) is 11.1 Å². The molecule has 0 fully saturated rings. The molecule has 0 aliphatic heterocycles. The van der Waals surface area contributed by atoms with Crippen LogP contribution in [0.1, 0.15) is 5.56 Å². The molecule has 0 N–H and O–H groups in total. The summed E-state index contributed by atoms with van der Waals surface area (Å²) in [7, 11) is 0. The normalized spacial score (nSPS) is 10.3. The molecule has 0 aliphatic rings. The molecule has 0 heterocycles. The summed E-state index contributed by atoms with van der Waals surface area (Å²) in [5.74, 6) is -1.60. The second-order valence-electron chi connectivity index (χ2n) is 3.47. The highest BCUT2D eigenvalue weighted by molar-refractivity contribution is 5.64. The Bertz CT molecular complexity index is 490. The summed E-state index contributed by atoms with van der Waals surface area (Å²) in [6.07, 6.45) is 0. The summed E-state index contributed by atoms with van der Waals surface area (Å²) in [6, 6.07) is 11.6. The molecule has 2 heteroatoms. The van der Waals surface area contributed by atoms with Gasteiger partial charge in [0.25, 0.3) is 0 Å². The maximum atomic E-state index is 13.4. The number of halogens is 2. The minimum absolute atomic E-state index is 0.304. The first-order chi connectivity index (χ1) is 7.18. The summed E-state index contributed by atoms with van der Waals surface area (Å²) in [5.41, 5.74) is 2.03. The first-order valence-electron chi connectivity index (χ1n) is 4.69.